The maximum absolute atomic E-state index is 12.7. The van der Waals surface area contributed by atoms with Crippen molar-refractivity contribution in [1.82, 2.24) is 10.6 Å². The summed E-state index contributed by atoms with van der Waals surface area (Å²) in [7, 11) is 0. The van der Waals surface area contributed by atoms with Crippen molar-refractivity contribution in [2.24, 2.45) is 11.8 Å². The molecule has 1 aliphatic rings. The Hall–Kier alpha value is -2.70. The summed E-state index contributed by atoms with van der Waals surface area (Å²) in [5, 5.41) is 5.08. The number of ketones is 2. The average molecular weight is 374 g/mol. The summed E-state index contributed by atoms with van der Waals surface area (Å²) in [4.78, 5) is 48.1. The number of alkyl carbamates (subject to hydrolysis) is 1. The summed E-state index contributed by atoms with van der Waals surface area (Å²) in [5.41, 5.74) is 0.846. The molecule has 2 amide bonds. The fourth-order valence-electron chi connectivity index (χ4n) is 2.99. The number of ether oxygens (including phenoxy) is 1. The minimum atomic E-state index is -0.744. The molecule has 7 heteroatoms. The first-order valence-electron chi connectivity index (χ1n) is 9.18. The van der Waals surface area contributed by atoms with Crippen molar-refractivity contribution in [2.75, 3.05) is 6.54 Å². The largest absolute Gasteiger partial charge is 0.445 e. The van der Waals surface area contributed by atoms with Gasteiger partial charge in [-0.15, -0.1) is 0 Å². The Morgan fingerprint density at radius 2 is 1.93 bits per heavy atom. The van der Waals surface area contributed by atoms with E-state index in [1.54, 1.807) is 0 Å². The third kappa shape index (κ3) is 6.51. The number of carbonyl (C=O) groups excluding carboxylic acids is 4. The molecule has 1 aromatic rings. The fourth-order valence-corrected chi connectivity index (χ4v) is 2.99. The fraction of sp³-hybridized carbons (Fsp3) is 0.500. The highest BCUT2D eigenvalue weighted by Crippen LogP contribution is 2.17. The number of rotatable bonds is 8. The summed E-state index contributed by atoms with van der Waals surface area (Å²) in [6, 6.07) is 8.49. The molecule has 2 unspecified atom stereocenters. The molecule has 27 heavy (non-hydrogen) atoms. The van der Waals surface area contributed by atoms with Gasteiger partial charge >= 0.3 is 6.09 Å². The van der Waals surface area contributed by atoms with Gasteiger partial charge in [-0.25, -0.2) is 4.79 Å². The lowest BCUT2D eigenvalue weighted by Crippen LogP contribution is -2.46. The molecular formula is C20H26N2O5. The smallest absolute Gasteiger partial charge is 0.408 e. The highest BCUT2D eigenvalue weighted by atomic mass is 16.5. The Balaban J connectivity index is 1.92. The summed E-state index contributed by atoms with van der Waals surface area (Å²) in [5.74, 6) is -1.92. The summed E-state index contributed by atoms with van der Waals surface area (Å²) >= 11 is 0. The van der Waals surface area contributed by atoms with E-state index >= 15 is 0 Å². The van der Waals surface area contributed by atoms with Crippen molar-refractivity contribution in [3.63, 3.8) is 0 Å². The van der Waals surface area contributed by atoms with Crippen molar-refractivity contribution >= 4 is 23.6 Å². The monoisotopic (exact) mass is 374 g/mol. The highest BCUT2D eigenvalue weighted by Gasteiger charge is 2.33. The number of piperidine rings is 1. The molecule has 0 radical (unpaired) electrons. The minimum absolute atomic E-state index is 0.0530. The van der Waals surface area contributed by atoms with Gasteiger partial charge in [0.1, 0.15) is 6.61 Å². The summed E-state index contributed by atoms with van der Waals surface area (Å²) < 4.78 is 5.19. The van der Waals surface area contributed by atoms with Gasteiger partial charge in [-0.05, 0) is 24.3 Å². The van der Waals surface area contributed by atoms with Gasteiger partial charge in [-0.3, -0.25) is 14.4 Å². The number of nitrogens with one attached hydrogen (secondary N) is 2. The van der Waals surface area contributed by atoms with E-state index in [0.29, 0.717) is 19.4 Å². The Morgan fingerprint density at radius 3 is 2.59 bits per heavy atom. The zero-order valence-corrected chi connectivity index (χ0v) is 15.7. The first kappa shape index (κ1) is 20.6. The van der Waals surface area contributed by atoms with Crippen molar-refractivity contribution in [3.05, 3.63) is 35.9 Å². The maximum atomic E-state index is 12.7. The van der Waals surface area contributed by atoms with Gasteiger partial charge in [0.2, 0.25) is 5.78 Å². The third-order valence-corrected chi connectivity index (χ3v) is 4.42. The van der Waals surface area contributed by atoms with Crippen molar-refractivity contribution < 1.29 is 23.9 Å². The number of Topliss-reactive ketones (excluding diaryl/α,β-unsaturated/α-hetero) is 2. The summed E-state index contributed by atoms with van der Waals surface area (Å²) in [6.45, 7) is 4.37. The van der Waals surface area contributed by atoms with Gasteiger partial charge in [0.15, 0.2) is 5.78 Å². The maximum Gasteiger partial charge on any atom is 0.408 e. The predicted molar refractivity (Wildman–Crippen MR) is 98.8 cm³/mol. The van der Waals surface area contributed by atoms with E-state index in [-0.39, 0.29) is 24.7 Å². The van der Waals surface area contributed by atoms with Gasteiger partial charge in [0, 0.05) is 18.9 Å². The Kier molecular flexibility index (Phi) is 7.52. The molecule has 1 fully saturated rings. The van der Waals surface area contributed by atoms with Crippen LogP contribution in [0.3, 0.4) is 0 Å². The molecular weight excluding hydrogens is 348 g/mol. The SMILES string of the molecule is CC(C)CC(NC(=O)OCc1ccccc1)C(=O)CC1CCNC(=O)C1=O. The lowest BCUT2D eigenvalue weighted by molar-refractivity contribution is -0.143. The molecule has 0 bridgehead atoms. The molecule has 146 valence electrons. The molecule has 0 saturated carbocycles. The van der Waals surface area contributed by atoms with Crippen LogP contribution in [-0.2, 0) is 25.7 Å². The van der Waals surface area contributed by atoms with Crippen LogP contribution in [0.2, 0.25) is 0 Å². The first-order chi connectivity index (χ1) is 12.9. The molecule has 1 aromatic carbocycles. The van der Waals surface area contributed by atoms with Crippen LogP contribution in [0.5, 0.6) is 0 Å². The Morgan fingerprint density at radius 1 is 1.22 bits per heavy atom. The number of hydrogen-bond donors (Lipinski definition) is 2. The average Bonchev–Trinajstić information content (AvgIpc) is 2.63. The Bertz CT molecular complexity index is 687. The lowest BCUT2D eigenvalue weighted by atomic mass is 9.87. The van der Waals surface area contributed by atoms with Crippen LogP contribution in [0.1, 0.15) is 38.7 Å². The van der Waals surface area contributed by atoms with Gasteiger partial charge in [-0.1, -0.05) is 44.2 Å². The van der Waals surface area contributed by atoms with E-state index in [1.165, 1.54) is 0 Å². The van der Waals surface area contributed by atoms with Crippen molar-refractivity contribution in [3.8, 4) is 0 Å². The number of hydrogen-bond acceptors (Lipinski definition) is 5. The van der Waals surface area contributed by atoms with Gasteiger partial charge in [0.05, 0.1) is 6.04 Å². The highest BCUT2D eigenvalue weighted by molar-refractivity contribution is 6.37. The van der Waals surface area contributed by atoms with Crippen molar-refractivity contribution in [2.45, 2.75) is 45.8 Å². The normalized spacial score (nSPS) is 18.0. The number of amides is 2. The van der Waals surface area contributed by atoms with Crippen LogP contribution < -0.4 is 10.6 Å². The van der Waals surface area contributed by atoms with E-state index < -0.39 is 29.7 Å². The van der Waals surface area contributed by atoms with Crippen LogP contribution in [0, 0.1) is 11.8 Å². The van der Waals surface area contributed by atoms with E-state index in [0.717, 1.165) is 5.56 Å². The number of benzene rings is 1. The van der Waals surface area contributed by atoms with E-state index in [9.17, 15) is 19.2 Å². The molecule has 0 spiro atoms. The van der Waals surface area contributed by atoms with E-state index in [4.69, 9.17) is 4.74 Å². The zero-order valence-electron chi connectivity index (χ0n) is 15.7. The quantitative estimate of drug-likeness (QED) is 0.678. The molecule has 0 aliphatic carbocycles. The molecule has 1 heterocycles. The molecule has 2 atom stereocenters. The second kappa shape index (κ2) is 9.85. The van der Waals surface area contributed by atoms with Gasteiger partial charge in [-0.2, -0.15) is 0 Å². The molecule has 1 aliphatic heterocycles. The second-order valence-electron chi connectivity index (χ2n) is 7.16. The van der Waals surface area contributed by atoms with Gasteiger partial charge < -0.3 is 15.4 Å². The van der Waals surface area contributed by atoms with Gasteiger partial charge in [0.25, 0.3) is 5.91 Å². The van der Waals surface area contributed by atoms with Crippen LogP contribution in [-0.4, -0.2) is 36.2 Å². The van der Waals surface area contributed by atoms with Crippen LogP contribution in [0.15, 0.2) is 30.3 Å². The first-order valence-corrected chi connectivity index (χ1v) is 9.18. The third-order valence-electron chi connectivity index (χ3n) is 4.42. The van der Waals surface area contributed by atoms with Crippen LogP contribution >= 0.6 is 0 Å². The zero-order chi connectivity index (χ0) is 19.8. The number of carbonyl (C=O) groups is 4. The lowest BCUT2D eigenvalue weighted by Gasteiger charge is -2.24. The molecule has 2 rings (SSSR count). The minimum Gasteiger partial charge on any atom is -0.445 e. The standard InChI is InChI=1S/C20H26N2O5/c1-13(2)10-16(17(23)11-15-8-9-21-19(25)18(15)24)22-20(26)27-12-14-6-4-3-5-7-14/h3-7,13,15-16H,8-12H2,1-2H3,(H,21,25)(H,22,26). The molecule has 7 nitrogen and oxygen atoms in total. The van der Waals surface area contributed by atoms with E-state index in [2.05, 4.69) is 10.6 Å². The van der Waals surface area contributed by atoms with E-state index in [1.807, 2.05) is 44.2 Å². The molecule has 2 N–H and O–H groups in total. The van der Waals surface area contributed by atoms with Crippen LogP contribution in [0.25, 0.3) is 0 Å². The summed E-state index contributed by atoms with van der Waals surface area (Å²) in [6.07, 6.45) is 0.142. The van der Waals surface area contributed by atoms with Crippen LogP contribution in [0.4, 0.5) is 4.79 Å². The second-order valence-corrected chi connectivity index (χ2v) is 7.16. The topological polar surface area (TPSA) is 102 Å². The Labute approximate surface area is 158 Å². The molecule has 0 aromatic heterocycles. The predicted octanol–water partition coefficient (Wildman–Crippen LogP) is 1.99. The van der Waals surface area contributed by atoms with Crippen molar-refractivity contribution in [1.29, 1.82) is 0 Å². The molecule has 1 saturated heterocycles.